The van der Waals surface area contributed by atoms with Gasteiger partial charge in [0.2, 0.25) is 0 Å². The molecule has 1 fully saturated rings. The number of rotatable bonds is 3. The first kappa shape index (κ1) is 10.3. The molecule has 1 aromatic carbocycles. The van der Waals surface area contributed by atoms with E-state index in [2.05, 4.69) is 40.0 Å². The maximum Gasteiger partial charge on any atom is 0.0505 e. The molecule has 0 bridgehead atoms. The van der Waals surface area contributed by atoms with E-state index < -0.39 is 0 Å². The molecule has 0 atom stereocenters. The molecule has 0 N–H and O–H groups in total. The summed E-state index contributed by atoms with van der Waals surface area (Å²) in [4.78, 5) is 2.34. The Morgan fingerprint density at radius 2 is 2.21 bits per heavy atom. The van der Waals surface area contributed by atoms with Crippen molar-refractivity contribution in [1.82, 2.24) is 0 Å². The Kier molecular flexibility index (Phi) is 3.03. The van der Waals surface area contributed by atoms with Crippen LogP contribution in [0.1, 0.15) is 18.4 Å². The van der Waals surface area contributed by atoms with Crippen molar-refractivity contribution < 1.29 is 0 Å². The van der Waals surface area contributed by atoms with Crippen molar-refractivity contribution in [2.45, 2.75) is 24.8 Å². The summed E-state index contributed by atoms with van der Waals surface area (Å²) in [6.07, 6.45) is 2.62. The van der Waals surface area contributed by atoms with E-state index >= 15 is 0 Å². The Hall–Kier alpha value is -0.210. The molecule has 0 aliphatic heterocycles. The van der Waals surface area contributed by atoms with Crippen LogP contribution in [0.25, 0.3) is 0 Å². The molecule has 1 nitrogen and oxygen atoms in total. The van der Waals surface area contributed by atoms with Gasteiger partial charge in [-0.05, 0) is 25.0 Å². The molecule has 2 rings (SSSR count). The van der Waals surface area contributed by atoms with Crippen LogP contribution in [0, 0.1) is 0 Å². The Balaban J connectivity index is 2.35. The van der Waals surface area contributed by atoms with Crippen molar-refractivity contribution in [2.75, 3.05) is 11.9 Å². The van der Waals surface area contributed by atoms with Crippen LogP contribution in [-0.4, -0.2) is 13.1 Å². The molecule has 0 unspecified atom stereocenters. The number of nitrogens with zero attached hydrogens (tertiary/aromatic N) is 1. The van der Waals surface area contributed by atoms with Gasteiger partial charge in [-0.3, -0.25) is 0 Å². The zero-order chi connectivity index (χ0) is 10.1. The molecule has 0 radical (unpaired) electrons. The average Bonchev–Trinajstić information content (AvgIpc) is 2.99. The molecule has 0 spiro atoms. The third-order valence-corrected chi connectivity index (χ3v) is 3.71. The fraction of sp³-hybridized carbons (Fsp3) is 0.455. The third kappa shape index (κ3) is 1.91. The first-order valence-electron chi connectivity index (χ1n) is 4.80. The highest BCUT2D eigenvalue weighted by Gasteiger charge is 2.27. The Morgan fingerprint density at radius 3 is 2.79 bits per heavy atom. The van der Waals surface area contributed by atoms with Crippen LogP contribution in [0.15, 0.2) is 22.7 Å². The fourth-order valence-corrected chi connectivity index (χ4v) is 2.61. The van der Waals surface area contributed by atoms with Crippen molar-refractivity contribution in [3.63, 3.8) is 0 Å². The molecule has 1 aliphatic carbocycles. The topological polar surface area (TPSA) is 3.24 Å². The first-order valence-corrected chi connectivity index (χ1v) is 6.13. The highest BCUT2D eigenvalue weighted by Crippen LogP contribution is 2.35. The van der Waals surface area contributed by atoms with E-state index in [4.69, 9.17) is 11.6 Å². The van der Waals surface area contributed by atoms with Gasteiger partial charge in [-0.15, -0.1) is 11.6 Å². The number of halogens is 2. The van der Waals surface area contributed by atoms with Crippen LogP contribution < -0.4 is 4.90 Å². The fourth-order valence-electron chi connectivity index (χ4n) is 1.67. The van der Waals surface area contributed by atoms with Gasteiger partial charge in [0, 0.05) is 28.8 Å². The highest BCUT2D eigenvalue weighted by atomic mass is 79.9. The van der Waals surface area contributed by atoms with Crippen molar-refractivity contribution in [1.29, 1.82) is 0 Å². The second kappa shape index (κ2) is 4.11. The summed E-state index contributed by atoms with van der Waals surface area (Å²) in [7, 11) is 2.15. The van der Waals surface area contributed by atoms with Gasteiger partial charge in [-0.2, -0.15) is 0 Å². The van der Waals surface area contributed by atoms with Crippen molar-refractivity contribution in [3.8, 4) is 0 Å². The maximum absolute atomic E-state index is 5.95. The molecule has 3 heteroatoms. The minimum atomic E-state index is 0.563. The lowest BCUT2D eigenvalue weighted by molar-refractivity contribution is 0.909. The minimum Gasteiger partial charge on any atom is -0.371 e. The zero-order valence-electron chi connectivity index (χ0n) is 8.13. The minimum absolute atomic E-state index is 0.563. The average molecular weight is 275 g/mol. The molecule has 0 heterocycles. The van der Waals surface area contributed by atoms with Gasteiger partial charge in [0.25, 0.3) is 0 Å². The van der Waals surface area contributed by atoms with E-state index in [1.807, 2.05) is 6.07 Å². The number of hydrogen-bond acceptors (Lipinski definition) is 1. The molecule has 1 aromatic rings. The molecule has 0 amide bonds. The molecule has 0 saturated heterocycles. The summed E-state index contributed by atoms with van der Waals surface area (Å²) in [6, 6.07) is 6.98. The molecule has 1 aliphatic rings. The summed E-state index contributed by atoms with van der Waals surface area (Å²) in [6.45, 7) is 0. The Morgan fingerprint density at radius 1 is 1.50 bits per heavy atom. The van der Waals surface area contributed by atoms with Gasteiger partial charge in [-0.1, -0.05) is 22.0 Å². The van der Waals surface area contributed by atoms with Crippen LogP contribution in [0.4, 0.5) is 5.69 Å². The van der Waals surface area contributed by atoms with E-state index in [1.165, 1.54) is 24.1 Å². The summed E-state index contributed by atoms with van der Waals surface area (Å²) in [5, 5.41) is 0. The van der Waals surface area contributed by atoms with E-state index in [0.717, 1.165) is 10.5 Å². The van der Waals surface area contributed by atoms with E-state index in [0.29, 0.717) is 5.88 Å². The molecular weight excluding hydrogens is 261 g/mol. The Labute approximate surface area is 98.2 Å². The number of anilines is 1. The largest absolute Gasteiger partial charge is 0.371 e. The van der Waals surface area contributed by atoms with Gasteiger partial charge in [0.1, 0.15) is 0 Å². The van der Waals surface area contributed by atoms with Gasteiger partial charge in [-0.25, -0.2) is 0 Å². The lowest BCUT2D eigenvalue weighted by Crippen LogP contribution is -2.20. The van der Waals surface area contributed by atoms with E-state index in [9.17, 15) is 0 Å². The second-order valence-corrected chi connectivity index (χ2v) is 4.83. The predicted molar refractivity (Wildman–Crippen MR) is 65.1 cm³/mol. The normalized spacial score (nSPS) is 15.6. The third-order valence-electron chi connectivity index (χ3n) is 2.70. The van der Waals surface area contributed by atoms with Crippen LogP contribution >= 0.6 is 27.5 Å². The van der Waals surface area contributed by atoms with Gasteiger partial charge < -0.3 is 4.90 Å². The molecule has 1 saturated carbocycles. The quantitative estimate of drug-likeness (QED) is 0.758. The number of benzene rings is 1. The molecule has 0 aromatic heterocycles. The molecule has 76 valence electrons. The monoisotopic (exact) mass is 273 g/mol. The van der Waals surface area contributed by atoms with E-state index in [-0.39, 0.29) is 0 Å². The smallest absolute Gasteiger partial charge is 0.0505 e. The number of alkyl halides is 1. The molecular formula is C11H13BrClN. The number of hydrogen-bond donors (Lipinski definition) is 0. The van der Waals surface area contributed by atoms with Crippen LogP contribution in [-0.2, 0) is 5.88 Å². The van der Waals surface area contributed by atoms with Crippen LogP contribution in [0.2, 0.25) is 0 Å². The van der Waals surface area contributed by atoms with Gasteiger partial charge in [0.05, 0.1) is 5.88 Å². The Bertz CT molecular complexity index is 336. The highest BCUT2D eigenvalue weighted by molar-refractivity contribution is 9.10. The predicted octanol–water partition coefficient (Wildman–Crippen LogP) is 3.79. The van der Waals surface area contributed by atoms with Crippen molar-refractivity contribution in [2.24, 2.45) is 0 Å². The lowest BCUT2D eigenvalue weighted by Gasteiger charge is -2.22. The van der Waals surface area contributed by atoms with Gasteiger partial charge in [0.15, 0.2) is 0 Å². The first-order chi connectivity index (χ1) is 6.74. The standard InChI is InChI=1S/C11H13BrClN/c1-14(8-5-6-8)11-4-2-3-10(12)9(11)7-13/h2-4,8H,5-7H2,1H3. The van der Waals surface area contributed by atoms with Crippen molar-refractivity contribution >= 4 is 33.2 Å². The SMILES string of the molecule is CN(c1cccc(Br)c1CCl)C1CC1. The van der Waals surface area contributed by atoms with Crippen molar-refractivity contribution in [3.05, 3.63) is 28.2 Å². The van der Waals surface area contributed by atoms with Crippen LogP contribution in [0.5, 0.6) is 0 Å². The zero-order valence-corrected chi connectivity index (χ0v) is 10.5. The lowest BCUT2D eigenvalue weighted by atomic mass is 10.2. The summed E-state index contributed by atoms with van der Waals surface area (Å²) < 4.78 is 1.11. The summed E-state index contributed by atoms with van der Waals surface area (Å²) in [5.74, 6) is 0.563. The summed E-state index contributed by atoms with van der Waals surface area (Å²) in [5.41, 5.74) is 2.46. The van der Waals surface area contributed by atoms with E-state index in [1.54, 1.807) is 0 Å². The summed E-state index contributed by atoms with van der Waals surface area (Å²) >= 11 is 9.48. The van der Waals surface area contributed by atoms with Gasteiger partial charge >= 0.3 is 0 Å². The maximum atomic E-state index is 5.95. The molecule has 14 heavy (non-hydrogen) atoms. The van der Waals surface area contributed by atoms with Crippen LogP contribution in [0.3, 0.4) is 0 Å². The second-order valence-electron chi connectivity index (χ2n) is 3.71.